The smallest absolute Gasteiger partial charge is 0.174 e. The SMILES string of the molecule is C=CCc1cc(C(O[SiH](C)C)n2c(CC)nc3c(C)cc(C)nc32)ccc1C(C)(C)C. The van der Waals surface area contributed by atoms with Crippen LogP contribution in [0.3, 0.4) is 0 Å². The molecule has 3 aromatic rings. The van der Waals surface area contributed by atoms with Gasteiger partial charge in [0.2, 0.25) is 0 Å². The number of aromatic nitrogens is 3. The van der Waals surface area contributed by atoms with Gasteiger partial charge in [-0.05, 0) is 61.5 Å². The quantitative estimate of drug-likeness (QED) is 0.328. The number of benzene rings is 1. The van der Waals surface area contributed by atoms with Gasteiger partial charge in [0.1, 0.15) is 11.3 Å². The molecule has 0 bridgehead atoms. The van der Waals surface area contributed by atoms with Gasteiger partial charge in [-0.3, -0.25) is 4.57 Å². The largest absolute Gasteiger partial charge is 0.397 e. The summed E-state index contributed by atoms with van der Waals surface area (Å²) >= 11 is 0. The van der Waals surface area contributed by atoms with Crippen molar-refractivity contribution in [3.05, 3.63) is 70.7 Å². The number of pyridine rings is 1. The van der Waals surface area contributed by atoms with Crippen molar-refractivity contribution in [3.8, 4) is 0 Å². The number of rotatable bonds is 7. The molecule has 0 saturated carbocycles. The van der Waals surface area contributed by atoms with Crippen LogP contribution >= 0.6 is 0 Å². The van der Waals surface area contributed by atoms with E-state index in [0.29, 0.717) is 0 Å². The molecule has 1 unspecified atom stereocenters. The summed E-state index contributed by atoms with van der Waals surface area (Å²) in [7, 11) is -1.35. The lowest BCUT2D eigenvalue weighted by Crippen LogP contribution is -2.23. The Bertz CT molecular complexity index is 1090. The third-order valence-corrected chi connectivity index (χ3v) is 6.38. The van der Waals surface area contributed by atoms with Gasteiger partial charge in [-0.15, -0.1) is 6.58 Å². The van der Waals surface area contributed by atoms with E-state index in [2.05, 4.69) is 83.1 Å². The summed E-state index contributed by atoms with van der Waals surface area (Å²) in [6.45, 7) is 21.5. The first kappa shape index (κ1) is 23.4. The number of fused-ring (bicyclic) bond motifs is 1. The van der Waals surface area contributed by atoms with Crippen molar-refractivity contribution in [3.63, 3.8) is 0 Å². The van der Waals surface area contributed by atoms with Gasteiger partial charge < -0.3 is 4.43 Å². The summed E-state index contributed by atoms with van der Waals surface area (Å²) in [6, 6.07) is 8.90. The van der Waals surface area contributed by atoms with Crippen LogP contribution in [0.25, 0.3) is 11.2 Å². The maximum atomic E-state index is 6.67. The van der Waals surface area contributed by atoms with Crippen molar-refractivity contribution < 1.29 is 4.43 Å². The fourth-order valence-corrected chi connectivity index (χ4v) is 5.08. The fraction of sp³-hybridized carbons (Fsp3) is 0.462. The molecule has 0 aliphatic rings. The Morgan fingerprint density at radius 1 is 1.16 bits per heavy atom. The Hall–Kier alpha value is -2.24. The zero-order chi connectivity index (χ0) is 22.9. The predicted molar refractivity (Wildman–Crippen MR) is 134 cm³/mol. The minimum atomic E-state index is -1.35. The predicted octanol–water partition coefficient (Wildman–Crippen LogP) is 6.18. The standard InChI is InChI=1S/C26H37N3OSi/c1-10-12-19-16-20(13-14-21(19)26(5,6)7)25(30-31(8)9)29-22(11-2)28-23-17(3)15-18(4)27-24(23)29/h10,13-16,25,31H,1,11-12H2,2-9H3. The van der Waals surface area contributed by atoms with Crippen LogP contribution in [0.5, 0.6) is 0 Å². The van der Waals surface area contributed by atoms with Crippen molar-refractivity contribution in [1.82, 2.24) is 14.5 Å². The normalized spacial score (nSPS) is 13.2. The van der Waals surface area contributed by atoms with Gasteiger partial charge in [-0.25, -0.2) is 9.97 Å². The first-order valence-corrected chi connectivity index (χ1v) is 14.1. The maximum Gasteiger partial charge on any atom is 0.174 e. The second-order valence-corrected chi connectivity index (χ2v) is 12.1. The van der Waals surface area contributed by atoms with Gasteiger partial charge in [0, 0.05) is 17.7 Å². The summed E-state index contributed by atoms with van der Waals surface area (Å²) in [5.74, 6) is 1.01. The average molecular weight is 436 g/mol. The molecule has 5 heteroatoms. The molecule has 0 N–H and O–H groups in total. The highest BCUT2D eigenvalue weighted by molar-refractivity contribution is 6.48. The summed E-state index contributed by atoms with van der Waals surface area (Å²) in [5.41, 5.74) is 7.94. The molecule has 0 aliphatic carbocycles. The summed E-state index contributed by atoms with van der Waals surface area (Å²) < 4.78 is 8.89. The van der Waals surface area contributed by atoms with Gasteiger partial charge in [-0.1, -0.05) is 52.0 Å². The van der Waals surface area contributed by atoms with Crippen LogP contribution in [0.15, 0.2) is 36.9 Å². The van der Waals surface area contributed by atoms with Gasteiger partial charge in [0.15, 0.2) is 20.9 Å². The minimum absolute atomic E-state index is 0.0755. The number of imidazole rings is 1. The van der Waals surface area contributed by atoms with Crippen molar-refractivity contribution >= 4 is 20.2 Å². The van der Waals surface area contributed by atoms with Crippen LogP contribution in [-0.2, 0) is 22.7 Å². The van der Waals surface area contributed by atoms with Crippen LogP contribution in [-0.4, -0.2) is 23.6 Å². The summed E-state index contributed by atoms with van der Waals surface area (Å²) in [6.07, 6.45) is 3.43. The first-order valence-electron chi connectivity index (χ1n) is 11.3. The van der Waals surface area contributed by atoms with E-state index < -0.39 is 9.04 Å². The van der Waals surface area contributed by atoms with E-state index >= 15 is 0 Å². The molecule has 0 saturated heterocycles. The molecule has 4 nitrogen and oxygen atoms in total. The molecule has 31 heavy (non-hydrogen) atoms. The first-order chi connectivity index (χ1) is 14.6. The van der Waals surface area contributed by atoms with E-state index in [1.54, 1.807) is 0 Å². The van der Waals surface area contributed by atoms with Crippen molar-refractivity contribution in [2.75, 3.05) is 0 Å². The Morgan fingerprint density at radius 3 is 2.45 bits per heavy atom. The van der Waals surface area contributed by atoms with E-state index in [1.165, 1.54) is 11.1 Å². The Kier molecular flexibility index (Phi) is 6.87. The van der Waals surface area contributed by atoms with Gasteiger partial charge >= 0.3 is 0 Å². The molecule has 1 aromatic carbocycles. The van der Waals surface area contributed by atoms with Crippen molar-refractivity contribution in [2.45, 2.75) is 79.1 Å². The van der Waals surface area contributed by atoms with Crippen LogP contribution < -0.4 is 0 Å². The molecule has 1 atom stereocenters. The van der Waals surface area contributed by atoms with Gasteiger partial charge in [0.05, 0.1) is 0 Å². The zero-order valence-corrected chi connectivity index (χ0v) is 21.6. The molecule has 0 amide bonds. The topological polar surface area (TPSA) is 39.9 Å². The molecule has 0 radical (unpaired) electrons. The zero-order valence-electron chi connectivity index (χ0n) is 20.4. The Morgan fingerprint density at radius 2 is 1.87 bits per heavy atom. The maximum absolute atomic E-state index is 6.67. The van der Waals surface area contributed by atoms with E-state index in [9.17, 15) is 0 Å². The lowest BCUT2D eigenvalue weighted by molar-refractivity contribution is 0.176. The average Bonchev–Trinajstić information content (AvgIpc) is 3.04. The van der Waals surface area contributed by atoms with Gasteiger partial charge in [-0.2, -0.15) is 0 Å². The molecular formula is C26H37N3OSi. The molecule has 166 valence electrons. The minimum Gasteiger partial charge on any atom is -0.397 e. The molecule has 2 aromatic heterocycles. The third kappa shape index (κ3) is 4.83. The highest BCUT2D eigenvalue weighted by atomic mass is 28.3. The Balaban J connectivity index is 2.27. The number of hydrogen-bond donors (Lipinski definition) is 0. The molecular weight excluding hydrogens is 398 g/mol. The highest BCUT2D eigenvalue weighted by Crippen LogP contribution is 2.33. The molecule has 0 spiro atoms. The second kappa shape index (κ2) is 9.09. The molecule has 3 rings (SSSR count). The number of aryl methyl sites for hydroxylation is 3. The second-order valence-electron chi connectivity index (χ2n) is 9.70. The number of hydrogen-bond acceptors (Lipinski definition) is 3. The summed E-state index contributed by atoms with van der Waals surface area (Å²) in [4.78, 5) is 9.85. The van der Waals surface area contributed by atoms with E-state index in [-0.39, 0.29) is 11.6 Å². The fourth-order valence-electron chi connectivity index (χ4n) is 4.29. The highest BCUT2D eigenvalue weighted by Gasteiger charge is 2.26. The lowest BCUT2D eigenvalue weighted by atomic mass is 9.82. The molecule has 0 fully saturated rings. The van der Waals surface area contributed by atoms with Crippen LogP contribution in [0, 0.1) is 13.8 Å². The van der Waals surface area contributed by atoms with E-state index in [4.69, 9.17) is 14.4 Å². The van der Waals surface area contributed by atoms with Crippen LogP contribution in [0.2, 0.25) is 13.1 Å². The third-order valence-electron chi connectivity index (χ3n) is 5.58. The summed E-state index contributed by atoms with van der Waals surface area (Å²) in [5, 5.41) is 0. The monoisotopic (exact) mass is 435 g/mol. The lowest BCUT2D eigenvalue weighted by Gasteiger charge is -2.28. The van der Waals surface area contributed by atoms with Crippen LogP contribution in [0.1, 0.15) is 67.7 Å². The molecule has 0 aliphatic heterocycles. The van der Waals surface area contributed by atoms with Crippen molar-refractivity contribution in [1.29, 1.82) is 0 Å². The Labute approximate surface area is 189 Å². The van der Waals surface area contributed by atoms with E-state index in [0.717, 1.165) is 46.7 Å². The number of allylic oxidation sites excluding steroid dienone is 1. The van der Waals surface area contributed by atoms with Crippen LogP contribution in [0.4, 0.5) is 0 Å². The molecule has 2 heterocycles. The van der Waals surface area contributed by atoms with Gasteiger partial charge in [0.25, 0.3) is 0 Å². The van der Waals surface area contributed by atoms with Crippen molar-refractivity contribution in [2.24, 2.45) is 0 Å². The van der Waals surface area contributed by atoms with E-state index in [1.807, 2.05) is 13.0 Å². The number of nitrogens with zero attached hydrogens (tertiary/aromatic N) is 3.